The maximum absolute atomic E-state index is 13.0. The van der Waals surface area contributed by atoms with Crippen molar-refractivity contribution in [1.29, 1.82) is 0 Å². The number of aryl methyl sites for hydroxylation is 1. The van der Waals surface area contributed by atoms with Gasteiger partial charge in [-0.05, 0) is 24.1 Å². The third-order valence-electron chi connectivity index (χ3n) is 2.76. The van der Waals surface area contributed by atoms with Crippen LogP contribution in [-0.2, 0) is 12.6 Å². The highest BCUT2D eigenvalue weighted by atomic mass is 35.5. The Balaban J connectivity index is 2.80. The molecule has 2 nitrogen and oxygen atoms in total. The minimum atomic E-state index is -4.55. The zero-order chi connectivity index (χ0) is 14.2. The van der Waals surface area contributed by atoms with Crippen molar-refractivity contribution in [2.75, 3.05) is 0 Å². The van der Waals surface area contributed by atoms with E-state index in [-0.39, 0.29) is 21.8 Å². The second-order valence-electron chi connectivity index (χ2n) is 4.17. The van der Waals surface area contributed by atoms with Gasteiger partial charge in [-0.2, -0.15) is 13.2 Å². The van der Waals surface area contributed by atoms with Crippen LogP contribution >= 0.6 is 11.6 Å². The molecule has 1 aromatic carbocycles. The lowest BCUT2D eigenvalue weighted by Gasteiger charge is -2.09. The quantitative estimate of drug-likeness (QED) is 0.755. The third-order valence-corrected chi connectivity index (χ3v) is 3.15. The summed E-state index contributed by atoms with van der Waals surface area (Å²) in [4.78, 5) is 10.7. The molecular weight excluding hydrogens is 281 g/mol. The maximum atomic E-state index is 13.0. The Bertz CT molecular complexity index is 629. The van der Waals surface area contributed by atoms with Crippen molar-refractivity contribution in [2.24, 2.45) is 0 Å². The summed E-state index contributed by atoms with van der Waals surface area (Å²) in [6.07, 6.45) is -3.04. The Labute approximate surface area is 112 Å². The Hall–Kier alpha value is -1.49. The molecule has 0 N–H and O–H groups in total. The molecule has 1 heterocycles. The number of aldehydes is 1. The Morgan fingerprint density at radius 3 is 2.58 bits per heavy atom. The number of carbonyl (C=O) groups is 1. The smallest absolute Gasteiger partial charge is 0.420 e. The third kappa shape index (κ3) is 2.47. The summed E-state index contributed by atoms with van der Waals surface area (Å²) in [7, 11) is 0. The molecule has 6 heteroatoms. The Morgan fingerprint density at radius 1 is 1.37 bits per heavy atom. The van der Waals surface area contributed by atoms with Crippen LogP contribution in [0.5, 0.6) is 0 Å². The van der Waals surface area contributed by atoms with Gasteiger partial charge < -0.3 is 4.42 Å². The highest BCUT2D eigenvalue weighted by Gasteiger charge is 2.35. The summed E-state index contributed by atoms with van der Waals surface area (Å²) in [6, 6.07) is 2.58. The Kier molecular flexibility index (Phi) is 3.58. The molecule has 19 heavy (non-hydrogen) atoms. The maximum Gasteiger partial charge on any atom is 0.420 e. The molecule has 0 atom stereocenters. The van der Waals surface area contributed by atoms with E-state index in [4.69, 9.17) is 16.0 Å². The fourth-order valence-electron chi connectivity index (χ4n) is 1.97. The van der Waals surface area contributed by atoms with Crippen LogP contribution in [-0.4, -0.2) is 6.29 Å². The normalized spacial score (nSPS) is 12.1. The fourth-order valence-corrected chi connectivity index (χ4v) is 2.19. The van der Waals surface area contributed by atoms with Crippen molar-refractivity contribution >= 4 is 28.9 Å². The van der Waals surface area contributed by atoms with E-state index in [9.17, 15) is 18.0 Å². The Morgan fingerprint density at radius 2 is 2.05 bits per heavy atom. The second kappa shape index (κ2) is 4.89. The van der Waals surface area contributed by atoms with Gasteiger partial charge in [0.1, 0.15) is 5.58 Å². The van der Waals surface area contributed by atoms with Crippen LogP contribution in [0.3, 0.4) is 0 Å². The molecule has 0 unspecified atom stereocenters. The van der Waals surface area contributed by atoms with Crippen molar-refractivity contribution in [3.63, 3.8) is 0 Å². The van der Waals surface area contributed by atoms with E-state index in [1.54, 1.807) is 0 Å². The lowest BCUT2D eigenvalue weighted by molar-refractivity contribution is -0.136. The number of fused-ring (bicyclic) bond motifs is 1. The van der Waals surface area contributed by atoms with Gasteiger partial charge in [-0.15, -0.1) is 0 Å². The van der Waals surface area contributed by atoms with Gasteiger partial charge in [0.15, 0.2) is 12.0 Å². The molecule has 0 fully saturated rings. The molecule has 0 amide bonds. The molecule has 0 radical (unpaired) electrons. The minimum Gasteiger partial charge on any atom is -0.451 e. The topological polar surface area (TPSA) is 30.2 Å². The van der Waals surface area contributed by atoms with Crippen LogP contribution in [0.25, 0.3) is 11.0 Å². The van der Waals surface area contributed by atoms with Gasteiger partial charge in [0.2, 0.25) is 0 Å². The first-order valence-electron chi connectivity index (χ1n) is 5.65. The van der Waals surface area contributed by atoms with Gasteiger partial charge in [0.05, 0.1) is 10.6 Å². The molecule has 0 aliphatic rings. The van der Waals surface area contributed by atoms with Gasteiger partial charge in [0, 0.05) is 5.39 Å². The van der Waals surface area contributed by atoms with Crippen molar-refractivity contribution in [2.45, 2.75) is 25.9 Å². The number of alkyl halides is 3. The van der Waals surface area contributed by atoms with Crippen LogP contribution in [0.15, 0.2) is 16.5 Å². The SMILES string of the molecule is CCCc1cc(C(F)(F)F)c2oc(C=O)c(Cl)c2c1. The molecule has 0 aliphatic carbocycles. The zero-order valence-corrected chi connectivity index (χ0v) is 10.7. The lowest BCUT2D eigenvalue weighted by atomic mass is 10.0. The van der Waals surface area contributed by atoms with E-state index in [1.807, 2.05) is 6.92 Å². The predicted molar refractivity (Wildman–Crippen MR) is 65.6 cm³/mol. The van der Waals surface area contributed by atoms with E-state index in [0.717, 1.165) is 6.07 Å². The highest BCUT2D eigenvalue weighted by Crippen LogP contribution is 2.40. The molecule has 0 saturated heterocycles. The molecule has 0 saturated carbocycles. The number of hydrogen-bond donors (Lipinski definition) is 0. The van der Waals surface area contributed by atoms with Crippen LogP contribution in [0, 0.1) is 0 Å². The summed E-state index contributed by atoms with van der Waals surface area (Å²) in [6.45, 7) is 1.87. The summed E-state index contributed by atoms with van der Waals surface area (Å²) in [5.41, 5.74) is -0.773. The van der Waals surface area contributed by atoms with Crippen LogP contribution < -0.4 is 0 Å². The van der Waals surface area contributed by atoms with Crippen molar-refractivity contribution < 1.29 is 22.4 Å². The molecule has 0 bridgehead atoms. The van der Waals surface area contributed by atoms with E-state index >= 15 is 0 Å². The molecule has 0 aliphatic heterocycles. The number of furan rings is 1. The highest BCUT2D eigenvalue weighted by molar-refractivity contribution is 6.37. The first kappa shape index (κ1) is 13.9. The van der Waals surface area contributed by atoms with Crippen LogP contribution in [0.4, 0.5) is 13.2 Å². The molecule has 2 aromatic rings. The monoisotopic (exact) mass is 290 g/mol. The molecule has 0 spiro atoms. The molecule has 102 valence electrons. The van der Waals surface area contributed by atoms with Crippen LogP contribution in [0.1, 0.15) is 35.0 Å². The van der Waals surface area contributed by atoms with Gasteiger partial charge in [-0.25, -0.2) is 0 Å². The average molecular weight is 291 g/mol. The van der Waals surface area contributed by atoms with E-state index in [0.29, 0.717) is 24.7 Å². The first-order chi connectivity index (χ1) is 8.88. The van der Waals surface area contributed by atoms with Crippen molar-refractivity contribution in [3.8, 4) is 0 Å². The largest absolute Gasteiger partial charge is 0.451 e. The summed E-state index contributed by atoms with van der Waals surface area (Å²) in [5.74, 6) is -0.282. The van der Waals surface area contributed by atoms with Gasteiger partial charge in [-0.3, -0.25) is 4.79 Å². The first-order valence-corrected chi connectivity index (χ1v) is 6.03. The number of carbonyl (C=O) groups excluding carboxylic acids is 1. The minimum absolute atomic E-state index is 0.0755. The second-order valence-corrected chi connectivity index (χ2v) is 4.54. The lowest BCUT2D eigenvalue weighted by Crippen LogP contribution is -2.06. The number of rotatable bonds is 3. The van der Waals surface area contributed by atoms with Gasteiger partial charge in [-0.1, -0.05) is 24.9 Å². The van der Waals surface area contributed by atoms with Crippen molar-refractivity contribution in [3.05, 3.63) is 34.0 Å². The fraction of sp³-hybridized carbons (Fsp3) is 0.308. The predicted octanol–water partition coefficient (Wildman–Crippen LogP) is 4.87. The molecule has 1 aromatic heterocycles. The van der Waals surface area contributed by atoms with Gasteiger partial charge in [0.25, 0.3) is 0 Å². The summed E-state index contributed by atoms with van der Waals surface area (Å²) in [5, 5.41) is 0.0514. The average Bonchev–Trinajstić information content (AvgIpc) is 2.65. The van der Waals surface area contributed by atoms with E-state index in [1.165, 1.54) is 6.07 Å². The standard InChI is InChI=1S/C13H10ClF3O2/c1-2-3-7-4-8-11(14)10(6-18)19-12(8)9(5-7)13(15,16)17/h4-6H,2-3H2,1H3. The van der Waals surface area contributed by atoms with Crippen LogP contribution in [0.2, 0.25) is 5.02 Å². The van der Waals surface area contributed by atoms with E-state index in [2.05, 4.69) is 0 Å². The summed E-state index contributed by atoms with van der Waals surface area (Å²) >= 11 is 5.86. The zero-order valence-electron chi connectivity index (χ0n) is 9.97. The van der Waals surface area contributed by atoms with Gasteiger partial charge >= 0.3 is 6.18 Å². The van der Waals surface area contributed by atoms with Crippen molar-refractivity contribution in [1.82, 2.24) is 0 Å². The number of hydrogen-bond acceptors (Lipinski definition) is 2. The number of benzene rings is 1. The summed E-state index contributed by atoms with van der Waals surface area (Å²) < 4.78 is 43.9. The molecular formula is C13H10ClF3O2. The number of halogens is 4. The molecule has 2 rings (SSSR count). The van der Waals surface area contributed by atoms with E-state index < -0.39 is 11.7 Å².